The van der Waals surface area contributed by atoms with Crippen molar-refractivity contribution in [1.82, 2.24) is 15.8 Å². The maximum absolute atomic E-state index is 12.4. The highest BCUT2D eigenvalue weighted by molar-refractivity contribution is 7.13. The molecule has 0 aliphatic carbocycles. The molecule has 1 aromatic heterocycles. The number of nitrogens with one attached hydrogen (secondary N) is 2. The van der Waals surface area contributed by atoms with E-state index in [0.717, 1.165) is 16.1 Å². The highest BCUT2D eigenvalue weighted by atomic mass is 35.5. The number of benzene rings is 2. The lowest BCUT2D eigenvalue weighted by Crippen LogP contribution is -2.49. The van der Waals surface area contributed by atoms with Gasteiger partial charge in [-0.25, -0.2) is 4.98 Å². The third-order valence-electron chi connectivity index (χ3n) is 4.49. The van der Waals surface area contributed by atoms with E-state index in [1.54, 1.807) is 12.1 Å². The molecule has 0 saturated carbocycles. The van der Waals surface area contributed by atoms with Gasteiger partial charge < -0.3 is 4.74 Å². The number of carbonyl (C=O) groups is 3. The molecule has 10 heteroatoms. The molecule has 1 aliphatic heterocycles. The Morgan fingerprint density at radius 3 is 2.81 bits per heavy atom. The van der Waals surface area contributed by atoms with Crippen LogP contribution in [0.5, 0.6) is 5.75 Å². The molecule has 0 saturated heterocycles. The molecule has 0 atom stereocenters. The van der Waals surface area contributed by atoms with Crippen LogP contribution in [0.2, 0.25) is 5.02 Å². The SMILES string of the molecule is CC(=O)NNC(=O)CN1C(=O)COc2ccc(-c3csc(-c4ccccc4Cl)n3)cc21. The second kappa shape index (κ2) is 8.75. The zero-order chi connectivity index (χ0) is 22.0. The van der Waals surface area contributed by atoms with Crippen molar-refractivity contribution >= 4 is 46.3 Å². The summed E-state index contributed by atoms with van der Waals surface area (Å²) in [5.41, 5.74) is 7.24. The van der Waals surface area contributed by atoms with E-state index in [-0.39, 0.29) is 19.1 Å². The van der Waals surface area contributed by atoms with Gasteiger partial charge in [-0.15, -0.1) is 11.3 Å². The first kappa shape index (κ1) is 20.8. The van der Waals surface area contributed by atoms with Crippen molar-refractivity contribution < 1.29 is 19.1 Å². The summed E-state index contributed by atoms with van der Waals surface area (Å²) >= 11 is 7.74. The van der Waals surface area contributed by atoms with Crippen molar-refractivity contribution in [3.05, 3.63) is 52.9 Å². The summed E-state index contributed by atoms with van der Waals surface area (Å²) in [7, 11) is 0. The topological polar surface area (TPSA) is 101 Å². The summed E-state index contributed by atoms with van der Waals surface area (Å²) < 4.78 is 5.50. The molecular weight excluding hydrogens is 440 g/mol. The van der Waals surface area contributed by atoms with Crippen LogP contribution in [-0.2, 0) is 14.4 Å². The van der Waals surface area contributed by atoms with Gasteiger partial charge >= 0.3 is 0 Å². The summed E-state index contributed by atoms with van der Waals surface area (Å²) in [6.07, 6.45) is 0. The minimum atomic E-state index is -0.531. The number of anilines is 1. The Bertz CT molecular complexity index is 1180. The summed E-state index contributed by atoms with van der Waals surface area (Å²) in [4.78, 5) is 41.5. The Kier molecular flexibility index (Phi) is 5.88. The van der Waals surface area contributed by atoms with Crippen LogP contribution >= 0.6 is 22.9 Å². The van der Waals surface area contributed by atoms with Crippen LogP contribution in [0.15, 0.2) is 47.8 Å². The van der Waals surface area contributed by atoms with Crippen molar-refractivity contribution in [2.24, 2.45) is 0 Å². The van der Waals surface area contributed by atoms with Gasteiger partial charge in [-0.3, -0.25) is 30.1 Å². The first-order chi connectivity index (χ1) is 14.9. The third-order valence-corrected chi connectivity index (χ3v) is 5.69. The first-order valence-electron chi connectivity index (χ1n) is 9.26. The molecule has 3 aromatic rings. The van der Waals surface area contributed by atoms with Crippen molar-refractivity contribution in [2.45, 2.75) is 6.92 Å². The standard InChI is InChI=1S/C21H17ClN4O4S/c1-12(27)24-25-19(28)9-26-17-8-13(6-7-18(17)30-10-20(26)29)16-11-31-21(23-16)14-4-2-3-5-15(14)22/h2-8,11H,9-10H2,1H3,(H,24,27)(H,25,28). The van der Waals surface area contributed by atoms with Gasteiger partial charge in [0, 0.05) is 23.4 Å². The van der Waals surface area contributed by atoms with Crippen LogP contribution in [0.25, 0.3) is 21.8 Å². The summed E-state index contributed by atoms with van der Waals surface area (Å²) in [5.74, 6) is -0.825. The number of carbonyl (C=O) groups excluding carboxylic acids is 3. The van der Waals surface area contributed by atoms with E-state index in [2.05, 4.69) is 15.8 Å². The predicted octanol–water partition coefficient (Wildman–Crippen LogP) is 3.02. The maximum atomic E-state index is 12.4. The number of thiazole rings is 1. The number of hydrogen-bond acceptors (Lipinski definition) is 6. The Labute approximate surface area is 186 Å². The number of aromatic nitrogens is 1. The number of fused-ring (bicyclic) bond motifs is 1. The molecule has 3 amide bonds. The third kappa shape index (κ3) is 4.52. The number of nitrogens with zero attached hydrogens (tertiary/aromatic N) is 2. The number of ether oxygens (including phenoxy) is 1. The van der Waals surface area contributed by atoms with Gasteiger partial charge in [0.05, 0.1) is 16.4 Å². The Balaban J connectivity index is 1.62. The van der Waals surface area contributed by atoms with Gasteiger partial charge in [0.25, 0.3) is 11.8 Å². The van der Waals surface area contributed by atoms with Gasteiger partial charge in [-0.05, 0) is 24.3 Å². The van der Waals surface area contributed by atoms with E-state index in [0.29, 0.717) is 22.2 Å². The molecule has 2 aromatic carbocycles. The average molecular weight is 457 g/mol. The number of rotatable bonds is 4. The zero-order valence-corrected chi connectivity index (χ0v) is 17.9. The van der Waals surface area contributed by atoms with Gasteiger partial charge in [0.2, 0.25) is 5.91 Å². The second-order valence-electron chi connectivity index (χ2n) is 6.70. The lowest BCUT2D eigenvalue weighted by atomic mass is 10.1. The van der Waals surface area contributed by atoms with Crippen LogP contribution in [0.1, 0.15) is 6.92 Å². The fourth-order valence-corrected chi connectivity index (χ4v) is 4.19. The zero-order valence-electron chi connectivity index (χ0n) is 16.3. The number of hydrazine groups is 1. The minimum absolute atomic E-state index is 0.173. The van der Waals surface area contributed by atoms with Gasteiger partial charge in [-0.1, -0.05) is 29.8 Å². The quantitative estimate of drug-likeness (QED) is 0.588. The van der Waals surface area contributed by atoms with Crippen LogP contribution in [0, 0.1) is 0 Å². The molecule has 0 bridgehead atoms. The first-order valence-corrected chi connectivity index (χ1v) is 10.5. The van der Waals surface area contributed by atoms with Crippen LogP contribution in [0.4, 0.5) is 5.69 Å². The smallest absolute Gasteiger partial charge is 0.265 e. The van der Waals surface area contributed by atoms with Crippen molar-refractivity contribution in [3.8, 4) is 27.6 Å². The average Bonchev–Trinajstić information content (AvgIpc) is 3.24. The van der Waals surface area contributed by atoms with Crippen molar-refractivity contribution in [3.63, 3.8) is 0 Å². The van der Waals surface area contributed by atoms with Gasteiger partial charge in [0.15, 0.2) is 6.61 Å². The van der Waals surface area contributed by atoms with E-state index >= 15 is 0 Å². The second-order valence-corrected chi connectivity index (χ2v) is 7.96. The number of amides is 3. The molecule has 0 radical (unpaired) electrons. The van der Waals surface area contributed by atoms with E-state index < -0.39 is 11.8 Å². The highest BCUT2D eigenvalue weighted by Crippen LogP contribution is 2.38. The summed E-state index contributed by atoms with van der Waals surface area (Å²) in [6, 6.07) is 12.8. The molecule has 0 unspecified atom stereocenters. The van der Waals surface area contributed by atoms with Crippen molar-refractivity contribution in [1.29, 1.82) is 0 Å². The minimum Gasteiger partial charge on any atom is -0.482 e. The van der Waals surface area contributed by atoms with Crippen LogP contribution < -0.4 is 20.5 Å². The number of hydrogen-bond donors (Lipinski definition) is 2. The van der Waals surface area contributed by atoms with Gasteiger partial charge in [0.1, 0.15) is 17.3 Å². The highest BCUT2D eigenvalue weighted by Gasteiger charge is 2.28. The molecular formula is C21H17ClN4O4S. The van der Waals surface area contributed by atoms with E-state index in [1.807, 2.05) is 35.7 Å². The summed E-state index contributed by atoms with van der Waals surface area (Å²) in [6.45, 7) is 0.834. The molecule has 1 aliphatic rings. The van der Waals surface area contributed by atoms with E-state index in [1.165, 1.54) is 23.2 Å². The molecule has 158 valence electrons. The normalized spacial score (nSPS) is 12.7. The largest absolute Gasteiger partial charge is 0.482 e. The molecule has 8 nitrogen and oxygen atoms in total. The van der Waals surface area contributed by atoms with E-state index in [9.17, 15) is 14.4 Å². The fourth-order valence-electron chi connectivity index (χ4n) is 3.04. The molecule has 31 heavy (non-hydrogen) atoms. The fraction of sp³-hybridized carbons (Fsp3) is 0.143. The predicted molar refractivity (Wildman–Crippen MR) is 118 cm³/mol. The number of halogens is 1. The summed E-state index contributed by atoms with van der Waals surface area (Å²) in [5, 5.41) is 3.29. The van der Waals surface area contributed by atoms with E-state index in [4.69, 9.17) is 16.3 Å². The van der Waals surface area contributed by atoms with Crippen LogP contribution in [0.3, 0.4) is 0 Å². The lowest BCUT2D eigenvalue weighted by molar-refractivity contribution is -0.128. The van der Waals surface area contributed by atoms with Crippen molar-refractivity contribution in [2.75, 3.05) is 18.1 Å². The lowest BCUT2D eigenvalue weighted by Gasteiger charge is -2.29. The monoisotopic (exact) mass is 456 g/mol. The molecule has 0 fully saturated rings. The maximum Gasteiger partial charge on any atom is 0.265 e. The Hall–Kier alpha value is -3.43. The molecule has 0 spiro atoms. The molecule has 2 N–H and O–H groups in total. The Morgan fingerprint density at radius 2 is 2.03 bits per heavy atom. The Morgan fingerprint density at radius 1 is 1.23 bits per heavy atom. The van der Waals surface area contributed by atoms with Crippen LogP contribution in [-0.4, -0.2) is 35.9 Å². The molecule has 4 rings (SSSR count). The van der Waals surface area contributed by atoms with Gasteiger partial charge in [-0.2, -0.15) is 0 Å². The molecule has 2 heterocycles.